The predicted octanol–water partition coefficient (Wildman–Crippen LogP) is 5.24. The van der Waals surface area contributed by atoms with E-state index in [1.807, 2.05) is 0 Å². The predicted molar refractivity (Wildman–Crippen MR) is 111 cm³/mol. The molecule has 0 amide bonds. The van der Waals surface area contributed by atoms with Gasteiger partial charge in [0.25, 0.3) is 0 Å². The summed E-state index contributed by atoms with van der Waals surface area (Å²) < 4.78 is 0. The van der Waals surface area contributed by atoms with Gasteiger partial charge in [0.1, 0.15) is 0 Å². The number of rotatable bonds is 21. The minimum atomic E-state index is 0.0629. The SMILES string of the molecule is CCCCCCCC/C=C\CCCCCCCCON(CCO)CCO. The average molecular weight is 372 g/mol. The Bertz CT molecular complexity index is 279. The van der Waals surface area contributed by atoms with Crippen LogP contribution in [0.4, 0.5) is 0 Å². The van der Waals surface area contributed by atoms with Crippen molar-refractivity contribution in [3.05, 3.63) is 12.2 Å². The molecule has 0 aromatic carbocycles. The Balaban J connectivity index is 3.22. The van der Waals surface area contributed by atoms with E-state index in [0.29, 0.717) is 19.7 Å². The lowest BCUT2D eigenvalue weighted by Gasteiger charge is -2.19. The molecule has 0 saturated heterocycles. The van der Waals surface area contributed by atoms with Crippen molar-refractivity contribution in [1.29, 1.82) is 0 Å². The zero-order valence-electron chi connectivity index (χ0n) is 17.3. The third kappa shape index (κ3) is 19.9. The molecule has 0 spiro atoms. The van der Waals surface area contributed by atoms with E-state index in [9.17, 15) is 0 Å². The molecular formula is C22H45NO3. The largest absolute Gasteiger partial charge is 0.395 e. The highest BCUT2D eigenvalue weighted by molar-refractivity contribution is 4.81. The van der Waals surface area contributed by atoms with Gasteiger partial charge in [-0.1, -0.05) is 76.9 Å². The van der Waals surface area contributed by atoms with E-state index in [2.05, 4.69) is 19.1 Å². The first-order valence-electron chi connectivity index (χ1n) is 11.1. The second-order valence-electron chi connectivity index (χ2n) is 7.15. The van der Waals surface area contributed by atoms with Gasteiger partial charge in [-0.25, -0.2) is 0 Å². The summed E-state index contributed by atoms with van der Waals surface area (Å²) in [6.45, 7) is 4.01. The van der Waals surface area contributed by atoms with Gasteiger partial charge in [0, 0.05) is 13.1 Å². The highest BCUT2D eigenvalue weighted by Gasteiger charge is 2.03. The highest BCUT2D eigenvalue weighted by atomic mass is 16.7. The van der Waals surface area contributed by atoms with E-state index < -0.39 is 0 Å². The maximum atomic E-state index is 8.90. The zero-order chi connectivity index (χ0) is 19.1. The summed E-state index contributed by atoms with van der Waals surface area (Å²) in [5, 5.41) is 19.4. The Morgan fingerprint density at radius 1 is 0.654 bits per heavy atom. The average Bonchev–Trinajstić information content (AvgIpc) is 2.64. The molecule has 0 aliphatic carbocycles. The lowest BCUT2D eigenvalue weighted by atomic mass is 10.1. The molecule has 0 bridgehead atoms. The first-order chi connectivity index (χ1) is 12.8. The van der Waals surface area contributed by atoms with Crippen molar-refractivity contribution in [3.63, 3.8) is 0 Å². The van der Waals surface area contributed by atoms with Crippen molar-refractivity contribution in [2.75, 3.05) is 32.9 Å². The van der Waals surface area contributed by atoms with E-state index in [1.54, 1.807) is 5.06 Å². The van der Waals surface area contributed by atoms with Crippen molar-refractivity contribution >= 4 is 0 Å². The van der Waals surface area contributed by atoms with Crippen molar-refractivity contribution in [2.45, 2.75) is 96.8 Å². The van der Waals surface area contributed by atoms with Gasteiger partial charge in [0.05, 0.1) is 19.8 Å². The summed E-state index contributed by atoms with van der Waals surface area (Å²) in [5.74, 6) is 0. The van der Waals surface area contributed by atoms with E-state index in [1.165, 1.54) is 83.5 Å². The zero-order valence-corrected chi connectivity index (χ0v) is 17.3. The monoisotopic (exact) mass is 371 g/mol. The van der Waals surface area contributed by atoms with Gasteiger partial charge >= 0.3 is 0 Å². The van der Waals surface area contributed by atoms with Crippen LogP contribution in [0.1, 0.15) is 96.8 Å². The molecule has 0 aromatic heterocycles. The number of nitrogens with zero attached hydrogens (tertiary/aromatic N) is 1. The molecule has 0 unspecified atom stereocenters. The summed E-state index contributed by atoms with van der Waals surface area (Å²) in [6, 6.07) is 0. The van der Waals surface area contributed by atoms with E-state index in [-0.39, 0.29) is 13.2 Å². The lowest BCUT2D eigenvalue weighted by Crippen LogP contribution is -2.30. The van der Waals surface area contributed by atoms with E-state index >= 15 is 0 Å². The Morgan fingerprint density at radius 3 is 1.62 bits per heavy atom. The normalized spacial score (nSPS) is 11.8. The molecular weight excluding hydrogens is 326 g/mol. The lowest BCUT2D eigenvalue weighted by molar-refractivity contribution is -0.169. The third-order valence-electron chi connectivity index (χ3n) is 4.63. The molecule has 0 radical (unpaired) electrons. The maximum absolute atomic E-state index is 8.90. The number of allylic oxidation sites excluding steroid dienone is 2. The van der Waals surface area contributed by atoms with Gasteiger partial charge in [0.2, 0.25) is 0 Å². The van der Waals surface area contributed by atoms with Crippen LogP contribution < -0.4 is 0 Å². The summed E-state index contributed by atoms with van der Waals surface area (Å²) >= 11 is 0. The van der Waals surface area contributed by atoms with Crippen LogP contribution in [0, 0.1) is 0 Å². The van der Waals surface area contributed by atoms with Crippen LogP contribution >= 0.6 is 0 Å². The number of hydroxylamine groups is 2. The number of aliphatic hydroxyl groups excluding tert-OH is 2. The Morgan fingerprint density at radius 2 is 1.12 bits per heavy atom. The minimum Gasteiger partial charge on any atom is -0.395 e. The Labute approximate surface area is 162 Å². The smallest absolute Gasteiger partial charge is 0.0685 e. The fourth-order valence-corrected chi connectivity index (χ4v) is 3.01. The summed E-state index contributed by atoms with van der Waals surface area (Å²) in [6.07, 6.45) is 23.0. The van der Waals surface area contributed by atoms with Crippen LogP contribution in [-0.2, 0) is 4.84 Å². The highest BCUT2D eigenvalue weighted by Crippen LogP contribution is 2.10. The van der Waals surface area contributed by atoms with Crippen molar-refractivity contribution in [1.82, 2.24) is 5.06 Å². The van der Waals surface area contributed by atoms with E-state index in [0.717, 1.165) is 6.42 Å². The maximum Gasteiger partial charge on any atom is 0.0685 e. The van der Waals surface area contributed by atoms with Gasteiger partial charge in [-0.2, -0.15) is 5.06 Å². The number of hydrogen-bond donors (Lipinski definition) is 2. The molecule has 0 aliphatic rings. The molecule has 4 heteroatoms. The molecule has 0 aromatic rings. The van der Waals surface area contributed by atoms with Crippen molar-refractivity contribution in [2.24, 2.45) is 0 Å². The standard InChI is InChI=1S/C22H45NO3/c1-2-3-4-5-6-7-8-9-10-11-12-13-14-15-16-17-22-26-23(18-20-24)19-21-25/h9-10,24-25H,2-8,11-22H2,1H3/b10-9-. The molecule has 0 saturated carbocycles. The molecule has 0 heterocycles. The molecule has 0 atom stereocenters. The van der Waals surface area contributed by atoms with Crippen LogP contribution in [0.3, 0.4) is 0 Å². The fraction of sp³-hybridized carbons (Fsp3) is 0.909. The second-order valence-corrected chi connectivity index (χ2v) is 7.15. The fourth-order valence-electron chi connectivity index (χ4n) is 3.01. The van der Waals surface area contributed by atoms with Crippen LogP contribution in [-0.4, -0.2) is 48.2 Å². The van der Waals surface area contributed by atoms with Crippen LogP contribution in [0.15, 0.2) is 12.2 Å². The molecule has 0 fully saturated rings. The summed E-state index contributed by atoms with van der Waals surface area (Å²) in [7, 11) is 0. The molecule has 26 heavy (non-hydrogen) atoms. The summed E-state index contributed by atoms with van der Waals surface area (Å²) in [4.78, 5) is 5.55. The second kappa shape index (κ2) is 22.6. The Kier molecular flexibility index (Phi) is 22.3. The van der Waals surface area contributed by atoms with Crippen LogP contribution in [0.5, 0.6) is 0 Å². The molecule has 156 valence electrons. The van der Waals surface area contributed by atoms with E-state index in [4.69, 9.17) is 15.1 Å². The van der Waals surface area contributed by atoms with Gasteiger partial charge in [-0.15, -0.1) is 0 Å². The minimum absolute atomic E-state index is 0.0629. The first kappa shape index (κ1) is 25.6. The van der Waals surface area contributed by atoms with Gasteiger partial charge in [0.15, 0.2) is 0 Å². The molecule has 0 rings (SSSR count). The van der Waals surface area contributed by atoms with Crippen LogP contribution in [0.25, 0.3) is 0 Å². The van der Waals surface area contributed by atoms with Gasteiger partial charge in [-0.05, 0) is 32.1 Å². The van der Waals surface area contributed by atoms with Crippen LogP contribution in [0.2, 0.25) is 0 Å². The number of unbranched alkanes of at least 4 members (excludes halogenated alkanes) is 12. The first-order valence-corrected chi connectivity index (χ1v) is 11.1. The number of hydrogen-bond acceptors (Lipinski definition) is 4. The number of aliphatic hydroxyl groups is 2. The van der Waals surface area contributed by atoms with Gasteiger partial charge in [-0.3, -0.25) is 4.84 Å². The molecule has 0 aliphatic heterocycles. The Hall–Kier alpha value is -0.420. The van der Waals surface area contributed by atoms with Crippen molar-refractivity contribution < 1.29 is 15.1 Å². The third-order valence-corrected chi connectivity index (χ3v) is 4.63. The van der Waals surface area contributed by atoms with Crippen molar-refractivity contribution in [3.8, 4) is 0 Å². The van der Waals surface area contributed by atoms with Gasteiger partial charge < -0.3 is 10.2 Å². The topological polar surface area (TPSA) is 52.9 Å². The molecule has 2 N–H and O–H groups in total. The summed E-state index contributed by atoms with van der Waals surface area (Å²) in [5.41, 5.74) is 0. The molecule has 4 nitrogen and oxygen atoms in total. The quantitative estimate of drug-likeness (QED) is 0.164.